The number of nitriles is 1. The van der Waals surface area contributed by atoms with Crippen molar-refractivity contribution in [2.45, 2.75) is 40.5 Å². The molecule has 0 aliphatic heterocycles. The van der Waals surface area contributed by atoms with Crippen molar-refractivity contribution in [1.29, 1.82) is 5.26 Å². The van der Waals surface area contributed by atoms with Gasteiger partial charge in [-0.15, -0.1) is 0 Å². The maximum Gasteiger partial charge on any atom is 0.0911 e. The number of rotatable bonds is 4. The van der Waals surface area contributed by atoms with Gasteiger partial charge < -0.3 is 0 Å². The zero-order valence-corrected chi connectivity index (χ0v) is 8.59. The van der Waals surface area contributed by atoms with Crippen LogP contribution in [0.25, 0.3) is 0 Å². The average molecular weight is 165 g/mol. The van der Waals surface area contributed by atoms with Crippen molar-refractivity contribution >= 4 is 0 Å². The molecular weight excluding hydrogens is 146 g/mol. The van der Waals surface area contributed by atoms with Crippen molar-refractivity contribution in [2.75, 3.05) is 0 Å². The highest BCUT2D eigenvalue weighted by Crippen LogP contribution is 2.18. The lowest BCUT2D eigenvalue weighted by Gasteiger charge is -2.13. The first kappa shape index (κ1) is 11.2. The molecule has 0 aromatic heterocycles. The highest BCUT2D eigenvalue weighted by atomic mass is 14.2. The first-order chi connectivity index (χ1) is 5.56. The molecule has 0 fully saturated rings. The van der Waals surface area contributed by atoms with Gasteiger partial charge in [0.2, 0.25) is 0 Å². The lowest BCUT2D eigenvalue weighted by molar-refractivity contribution is 0.436. The monoisotopic (exact) mass is 165 g/mol. The van der Waals surface area contributed by atoms with Crippen LogP contribution in [0.2, 0.25) is 0 Å². The maximum atomic E-state index is 8.41. The van der Waals surface area contributed by atoms with E-state index in [2.05, 4.69) is 26.8 Å². The van der Waals surface area contributed by atoms with E-state index in [1.54, 1.807) is 6.08 Å². The van der Waals surface area contributed by atoms with Crippen LogP contribution in [0.15, 0.2) is 11.6 Å². The van der Waals surface area contributed by atoms with E-state index in [0.717, 1.165) is 12.3 Å². The van der Waals surface area contributed by atoms with Crippen LogP contribution in [0.3, 0.4) is 0 Å². The molecule has 0 aliphatic carbocycles. The molecular formula is C11H19N. The smallest absolute Gasteiger partial charge is 0.0911 e. The van der Waals surface area contributed by atoms with E-state index >= 15 is 0 Å². The van der Waals surface area contributed by atoms with Gasteiger partial charge in [-0.05, 0) is 31.6 Å². The first-order valence-corrected chi connectivity index (χ1v) is 4.61. The Labute approximate surface area is 76.1 Å². The van der Waals surface area contributed by atoms with Gasteiger partial charge >= 0.3 is 0 Å². The third-order valence-corrected chi connectivity index (χ3v) is 1.86. The quantitative estimate of drug-likeness (QED) is 0.585. The van der Waals surface area contributed by atoms with Crippen LogP contribution in [0, 0.1) is 23.2 Å². The molecule has 0 aromatic carbocycles. The molecule has 0 spiro atoms. The molecule has 68 valence electrons. The van der Waals surface area contributed by atoms with E-state index in [4.69, 9.17) is 5.26 Å². The predicted molar refractivity (Wildman–Crippen MR) is 52.6 cm³/mol. The van der Waals surface area contributed by atoms with E-state index in [9.17, 15) is 0 Å². The molecule has 0 saturated heterocycles. The second-order valence-electron chi connectivity index (χ2n) is 4.06. The molecule has 1 atom stereocenters. The van der Waals surface area contributed by atoms with E-state index < -0.39 is 0 Å². The summed E-state index contributed by atoms with van der Waals surface area (Å²) in [6.07, 6.45) is 3.96. The minimum atomic E-state index is 0.703. The minimum Gasteiger partial charge on any atom is -0.193 e. The summed E-state index contributed by atoms with van der Waals surface area (Å²) >= 11 is 0. The fourth-order valence-electron chi connectivity index (χ4n) is 1.61. The largest absolute Gasteiger partial charge is 0.193 e. The molecule has 0 heterocycles. The standard InChI is InChI=1S/C11H19N/c1-9(2)7-11(4)8-10(3)5-6-12/h5,9,11H,7-8H2,1-4H3/b10-5-. The normalized spacial score (nSPS) is 14.5. The molecule has 0 bridgehead atoms. The molecule has 0 aromatic rings. The Balaban J connectivity index is 3.78. The van der Waals surface area contributed by atoms with Crippen molar-refractivity contribution in [1.82, 2.24) is 0 Å². The Bertz CT molecular complexity index is 184. The van der Waals surface area contributed by atoms with Crippen LogP contribution in [0.5, 0.6) is 0 Å². The average Bonchev–Trinajstić information content (AvgIpc) is 1.84. The van der Waals surface area contributed by atoms with Gasteiger partial charge in [0, 0.05) is 6.08 Å². The zero-order valence-electron chi connectivity index (χ0n) is 8.59. The van der Waals surface area contributed by atoms with Gasteiger partial charge in [-0.3, -0.25) is 0 Å². The molecule has 0 radical (unpaired) electrons. The minimum absolute atomic E-state index is 0.703. The summed E-state index contributed by atoms with van der Waals surface area (Å²) < 4.78 is 0. The van der Waals surface area contributed by atoms with Gasteiger partial charge in [-0.25, -0.2) is 0 Å². The lowest BCUT2D eigenvalue weighted by atomic mass is 9.93. The van der Waals surface area contributed by atoms with E-state index in [-0.39, 0.29) is 0 Å². The highest BCUT2D eigenvalue weighted by Gasteiger charge is 2.05. The fourth-order valence-corrected chi connectivity index (χ4v) is 1.61. The molecule has 12 heavy (non-hydrogen) atoms. The Morgan fingerprint density at radius 1 is 1.42 bits per heavy atom. The second kappa shape index (κ2) is 5.83. The summed E-state index contributed by atoms with van der Waals surface area (Å²) in [6, 6.07) is 2.06. The first-order valence-electron chi connectivity index (χ1n) is 4.61. The number of hydrogen-bond donors (Lipinski definition) is 0. The molecule has 1 heteroatoms. The molecule has 1 unspecified atom stereocenters. The molecule has 0 amide bonds. The van der Waals surface area contributed by atoms with Gasteiger partial charge in [0.25, 0.3) is 0 Å². The van der Waals surface area contributed by atoms with Crippen LogP contribution in [-0.2, 0) is 0 Å². The van der Waals surface area contributed by atoms with Crippen LogP contribution in [0.1, 0.15) is 40.5 Å². The summed E-state index contributed by atoms with van der Waals surface area (Å²) in [4.78, 5) is 0. The lowest BCUT2D eigenvalue weighted by Crippen LogP contribution is -2.00. The Kier molecular flexibility index (Phi) is 5.45. The second-order valence-corrected chi connectivity index (χ2v) is 4.06. The van der Waals surface area contributed by atoms with E-state index in [0.29, 0.717) is 5.92 Å². The summed E-state index contributed by atoms with van der Waals surface area (Å²) in [7, 11) is 0. The van der Waals surface area contributed by atoms with Gasteiger partial charge in [-0.2, -0.15) is 5.26 Å². The Hall–Kier alpha value is -0.770. The Morgan fingerprint density at radius 2 is 2.00 bits per heavy atom. The molecule has 0 saturated carbocycles. The zero-order chi connectivity index (χ0) is 9.56. The molecule has 0 N–H and O–H groups in total. The predicted octanol–water partition coefficient (Wildman–Crippen LogP) is 3.53. The maximum absolute atomic E-state index is 8.41. The summed E-state index contributed by atoms with van der Waals surface area (Å²) in [5.74, 6) is 1.46. The van der Waals surface area contributed by atoms with Gasteiger partial charge in [0.05, 0.1) is 6.07 Å². The van der Waals surface area contributed by atoms with Gasteiger partial charge in [0.1, 0.15) is 0 Å². The van der Waals surface area contributed by atoms with E-state index in [1.165, 1.54) is 12.0 Å². The van der Waals surface area contributed by atoms with Gasteiger partial charge in [0.15, 0.2) is 0 Å². The summed E-state index contributed by atoms with van der Waals surface area (Å²) in [5, 5.41) is 8.41. The number of nitrogens with zero attached hydrogens (tertiary/aromatic N) is 1. The Morgan fingerprint density at radius 3 is 2.42 bits per heavy atom. The van der Waals surface area contributed by atoms with Crippen LogP contribution < -0.4 is 0 Å². The number of hydrogen-bond acceptors (Lipinski definition) is 1. The summed E-state index contributed by atoms with van der Waals surface area (Å²) in [6.45, 7) is 8.74. The van der Waals surface area contributed by atoms with Crippen LogP contribution in [-0.4, -0.2) is 0 Å². The van der Waals surface area contributed by atoms with Crippen LogP contribution >= 0.6 is 0 Å². The number of allylic oxidation sites excluding steroid dienone is 2. The van der Waals surface area contributed by atoms with E-state index in [1.807, 2.05) is 6.92 Å². The molecule has 1 nitrogen and oxygen atoms in total. The highest BCUT2D eigenvalue weighted by molar-refractivity contribution is 5.11. The van der Waals surface area contributed by atoms with Gasteiger partial charge in [-0.1, -0.05) is 26.3 Å². The van der Waals surface area contributed by atoms with Crippen molar-refractivity contribution in [3.63, 3.8) is 0 Å². The third-order valence-electron chi connectivity index (χ3n) is 1.86. The van der Waals surface area contributed by atoms with Crippen LogP contribution in [0.4, 0.5) is 0 Å². The van der Waals surface area contributed by atoms with Crippen molar-refractivity contribution in [2.24, 2.45) is 11.8 Å². The molecule has 0 rings (SSSR count). The summed E-state index contributed by atoms with van der Waals surface area (Å²) in [5.41, 5.74) is 1.20. The molecule has 0 aliphatic rings. The topological polar surface area (TPSA) is 23.8 Å². The van der Waals surface area contributed by atoms with Crippen molar-refractivity contribution < 1.29 is 0 Å². The van der Waals surface area contributed by atoms with Crippen molar-refractivity contribution in [3.8, 4) is 6.07 Å². The third kappa shape index (κ3) is 5.97. The fraction of sp³-hybridized carbons (Fsp3) is 0.727. The van der Waals surface area contributed by atoms with Crippen molar-refractivity contribution in [3.05, 3.63) is 11.6 Å². The SMILES string of the molecule is C/C(=C/C#N)CC(C)CC(C)C.